The van der Waals surface area contributed by atoms with Gasteiger partial charge in [0.2, 0.25) is 0 Å². The van der Waals surface area contributed by atoms with E-state index in [9.17, 15) is 4.79 Å². The predicted octanol–water partition coefficient (Wildman–Crippen LogP) is 2.08. The fourth-order valence-electron chi connectivity index (χ4n) is 3.18. The van der Waals surface area contributed by atoms with E-state index in [1.165, 1.54) is 32.0 Å². The first-order chi connectivity index (χ1) is 10.8. The third kappa shape index (κ3) is 2.83. The van der Waals surface area contributed by atoms with Crippen LogP contribution in [-0.4, -0.2) is 33.7 Å². The summed E-state index contributed by atoms with van der Waals surface area (Å²) in [7, 11) is 0. The van der Waals surface area contributed by atoms with Crippen molar-refractivity contribution in [1.29, 1.82) is 0 Å². The SMILES string of the molecule is O=c1[nH]cnc2cnc(NCC3CCCC(C4CC4)O3)cc12. The molecule has 1 saturated carbocycles. The number of H-pyrrole nitrogens is 1. The summed E-state index contributed by atoms with van der Waals surface area (Å²) in [6.45, 7) is 0.736. The number of anilines is 1. The molecule has 2 fully saturated rings. The number of rotatable bonds is 4. The summed E-state index contributed by atoms with van der Waals surface area (Å²) in [5.41, 5.74) is 0.468. The first-order valence-electron chi connectivity index (χ1n) is 8.02. The predicted molar refractivity (Wildman–Crippen MR) is 83.9 cm³/mol. The summed E-state index contributed by atoms with van der Waals surface area (Å²) in [5, 5.41) is 3.85. The Morgan fingerprint density at radius 1 is 1.27 bits per heavy atom. The Bertz CT molecular complexity index is 725. The van der Waals surface area contributed by atoms with Crippen molar-refractivity contribution < 1.29 is 4.74 Å². The monoisotopic (exact) mass is 300 g/mol. The van der Waals surface area contributed by atoms with E-state index in [1.54, 1.807) is 12.3 Å². The third-order valence-corrected chi connectivity index (χ3v) is 4.57. The zero-order chi connectivity index (χ0) is 14.9. The number of nitrogens with one attached hydrogen (secondary N) is 2. The summed E-state index contributed by atoms with van der Waals surface area (Å²) < 4.78 is 6.17. The zero-order valence-electron chi connectivity index (χ0n) is 12.4. The van der Waals surface area contributed by atoms with Gasteiger partial charge in [0.15, 0.2) is 0 Å². The van der Waals surface area contributed by atoms with Gasteiger partial charge in [0.1, 0.15) is 5.82 Å². The molecule has 4 rings (SSSR count). The quantitative estimate of drug-likeness (QED) is 0.903. The molecule has 2 aromatic heterocycles. The summed E-state index contributed by atoms with van der Waals surface area (Å²) in [6, 6.07) is 1.75. The van der Waals surface area contributed by atoms with Crippen LogP contribution in [-0.2, 0) is 4.74 Å². The van der Waals surface area contributed by atoms with Crippen LogP contribution in [0.25, 0.3) is 10.9 Å². The van der Waals surface area contributed by atoms with E-state index in [0.717, 1.165) is 18.9 Å². The van der Waals surface area contributed by atoms with Gasteiger partial charge in [-0.1, -0.05) is 0 Å². The minimum Gasteiger partial charge on any atom is -0.373 e. The maximum atomic E-state index is 11.8. The molecule has 1 saturated heterocycles. The molecule has 2 atom stereocenters. The fraction of sp³-hybridized carbons (Fsp3) is 0.562. The maximum absolute atomic E-state index is 11.8. The largest absolute Gasteiger partial charge is 0.373 e. The summed E-state index contributed by atoms with van der Waals surface area (Å²) >= 11 is 0. The van der Waals surface area contributed by atoms with Crippen LogP contribution >= 0.6 is 0 Å². The molecule has 6 nitrogen and oxygen atoms in total. The van der Waals surface area contributed by atoms with Crippen LogP contribution in [0.3, 0.4) is 0 Å². The van der Waals surface area contributed by atoms with Gasteiger partial charge in [-0.2, -0.15) is 0 Å². The van der Waals surface area contributed by atoms with Crippen LogP contribution in [0.5, 0.6) is 0 Å². The Kier molecular flexibility index (Phi) is 3.54. The van der Waals surface area contributed by atoms with Crippen molar-refractivity contribution >= 4 is 16.7 Å². The van der Waals surface area contributed by atoms with Crippen LogP contribution in [0.1, 0.15) is 32.1 Å². The van der Waals surface area contributed by atoms with Gasteiger partial charge in [-0.15, -0.1) is 0 Å². The lowest BCUT2D eigenvalue weighted by Crippen LogP contribution is -2.33. The van der Waals surface area contributed by atoms with Gasteiger partial charge in [-0.3, -0.25) is 4.79 Å². The van der Waals surface area contributed by atoms with Crippen molar-refractivity contribution in [2.75, 3.05) is 11.9 Å². The molecule has 3 heterocycles. The Balaban J connectivity index is 1.42. The molecule has 0 aromatic carbocycles. The molecule has 0 radical (unpaired) electrons. The highest BCUT2D eigenvalue weighted by Gasteiger charge is 2.35. The molecule has 1 aliphatic carbocycles. The minimum atomic E-state index is -0.141. The molecular formula is C16H20N4O2. The molecule has 0 bridgehead atoms. The summed E-state index contributed by atoms with van der Waals surface area (Å²) in [4.78, 5) is 22.8. The van der Waals surface area contributed by atoms with Gasteiger partial charge in [-0.25, -0.2) is 9.97 Å². The molecule has 2 aromatic rings. The van der Waals surface area contributed by atoms with E-state index in [1.807, 2.05) is 0 Å². The van der Waals surface area contributed by atoms with Crippen LogP contribution < -0.4 is 10.9 Å². The number of hydrogen-bond acceptors (Lipinski definition) is 5. The van der Waals surface area contributed by atoms with Crippen LogP contribution in [0, 0.1) is 5.92 Å². The van der Waals surface area contributed by atoms with E-state index in [-0.39, 0.29) is 11.7 Å². The van der Waals surface area contributed by atoms with Crippen LogP contribution in [0.2, 0.25) is 0 Å². The molecule has 6 heteroatoms. The van der Waals surface area contributed by atoms with Crippen molar-refractivity contribution in [1.82, 2.24) is 15.0 Å². The van der Waals surface area contributed by atoms with E-state index < -0.39 is 0 Å². The lowest BCUT2D eigenvalue weighted by Gasteiger charge is -2.30. The second-order valence-electron chi connectivity index (χ2n) is 6.26. The van der Waals surface area contributed by atoms with Gasteiger partial charge in [0, 0.05) is 6.54 Å². The van der Waals surface area contributed by atoms with Crippen molar-refractivity contribution in [3.63, 3.8) is 0 Å². The molecule has 1 aliphatic heterocycles. The van der Waals surface area contributed by atoms with Crippen LogP contribution in [0.15, 0.2) is 23.4 Å². The smallest absolute Gasteiger partial charge is 0.258 e. The molecule has 2 N–H and O–H groups in total. The van der Waals surface area contributed by atoms with Crippen molar-refractivity contribution in [3.05, 3.63) is 28.9 Å². The van der Waals surface area contributed by atoms with E-state index >= 15 is 0 Å². The first kappa shape index (κ1) is 13.7. The van der Waals surface area contributed by atoms with Gasteiger partial charge in [0.25, 0.3) is 5.56 Å². The average Bonchev–Trinajstić information content (AvgIpc) is 3.39. The van der Waals surface area contributed by atoms with Gasteiger partial charge >= 0.3 is 0 Å². The fourth-order valence-corrected chi connectivity index (χ4v) is 3.18. The van der Waals surface area contributed by atoms with Gasteiger partial charge < -0.3 is 15.0 Å². The van der Waals surface area contributed by atoms with E-state index in [4.69, 9.17) is 4.74 Å². The number of aromatic amines is 1. The minimum absolute atomic E-state index is 0.141. The van der Waals surface area contributed by atoms with E-state index in [2.05, 4.69) is 20.3 Å². The molecule has 0 amide bonds. The van der Waals surface area contributed by atoms with Crippen LogP contribution in [0.4, 0.5) is 5.82 Å². The highest BCUT2D eigenvalue weighted by Crippen LogP contribution is 2.39. The highest BCUT2D eigenvalue weighted by molar-refractivity contribution is 5.78. The number of pyridine rings is 1. The zero-order valence-corrected chi connectivity index (χ0v) is 12.4. The number of ether oxygens (including phenoxy) is 1. The summed E-state index contributed by atoms with van der Waals surface area (Å²) in [5.74, 6) is 1.49. The van der Waals surface area contributed by atoms with Crippen molar-refractivity contribution in [2.24, 2.45) is 5.92 Å². The second-order valence-corrected chi connectivity index (χ2v) is 6.26. The molecule has 2 aliphatic rings. The highest BCUT2D eigenvalue weighted by atomic mass is 16.5. The van der Waals surface area contributed by atoms with E-state index in [0.29, 0.717) is 22.8 Å². The average molecular weight is 300 g/mol. The second kappa shape index (κ2) is 5.68. The lowest BCUT2D eigenvalue weighted by molar-refractivity contribution is -0.0529. The van der Waals surface area contributed by atoms with Crippen molar-refractivity contribution in [3.8, 4) is 0 Å². The van der Waals surface area contributed by atoms with Crippen molar-refractivity contribution in [2.45, 2.75) is 44.3 Å². The number of hydrogen-bond donors (Lipinski definition) is 2. The maximum Gasteiger partial charge on any atom is 0.258 e. The topological polar surface area (TPSA) is 79.9 Å². The Morgan fingerprint density at radius 2 is 2.18 bits per heavy atom. The Labute approximate surface area is 128 Å². The molecule has 0 spiro atoms. The lowest BCUT2D eigenvalue weighted by atomic mass is 10.0. The summed E-state index contributed by atoms with van der Waals surface area (Å²) in [6.07, 6.45) is 9.90. The number of fused-ring (bicyclic) bond motifs is 1. The number of nitrogens with zero attached hydrogens (tertiary/aromatic N) is 2. The molecule has 116 valence electrons. The first-order valence-corrected chi connectivity index (χ1v) is 8.02. The molecular weight excluding hydrogens is 280 g/mol. The standard InChI is InChI=1S/C16H20N4O2/c21-16-12-6-15(18-8-13(12)19-9-20-16)17-7-11-2-1-3-14(22-11)10-4-5-10/h6,8-11,14H,1-5,7H2,(H,17,18)(H,19,20,21). The Hall–Kier alpha value is -1.95. The Morgan fingerprint density at radius 3 is 3.05 bits per heavy atom. The van der Waals surface area contributed by atoms with Gasteiger partial charge in [-0.05, 0) is 44.1 Å². The molecule has 2 unspecified atom stereocenters. The van der Waals surface area contributed by atoms with Gasteiger partial charge in [0.05, 0.1) is 35.6 Å². The third-order valence-electron chi connectivity index (χ3n) is 4.57. The number of aromatic nitrogens is 3. The molecule has 22 heavy (non-hydrogen) atoms. The normalized spacial score (nSPS) is 25.3.